The fourth-order valence-corrected chi connectivity index (χ4v) is 2.16. The van der Waals surface area contributed by atoms with Crippen molar-refractivity contribution >= 4 is 35.1 Å². The summed E-state index contributed by atoms with van der Waals surface area (Å²) >= 11 is 12.0. The topological polar surface area (TPSA) is 102 Å². The lowest BCUT2D eigenvalue weighted by Gasteiger charge is -2.19. The Labute approximate surface area is 147 Å². The third-order valence-electron chi connectivity index (χ3n) is 3.03. The number of aromatic nitrogens is 1. The average Bonchev–Trinajstić information content (AvgIpc) is 2.95. The van der Waals surface area contributed by atoms with Gasteiger partial charge in [0, 0.05) is 6.07 Å². The summed E-state index contributed by atoms with van der Waals surface area (Å²) in [5, 5.41) is 15.6. The van der Waals surface area contributed by atoms with E-state index < -0.39 is 17.4 Å². The zero-order chi connectivity index (χ0) is 17.9. The molecule has 0 atom stereocenters. The van der Waals surface area contributed by atoms with Crippen LogP contribution in [0.5, 0.6) is 5.75 Å². The molecule has 0 unspecified atom stereocenters. The number of carbonyl (C=O) groups is 2. The van der Waals surface area contributed by atoms with Crippen molar-refractivity contribution in [3.8, 4) is 5.75 Å². The van der Waals surface area contributed by atoms with Crippen LogP contribution >= 0.6 is 23.2 Å². The van der Waals surface area contributed by atoms with E-state index in [2.05, 4.69) is 10.5 Å². The van der Waals surface area contributed by atoms with E-state index in [1.54, 1.807) is 18.2 Å². The molecule has 2 rings (SSSR count). The minimum absolute atomic E-state index is 0.0495. The van der Waals surface area contributed by atoms with Gasteiger partial charge in [0.25, 0.3) is 5.91 Å². The molecule has 0 bridgehead atoms. The number of carboxylic acids is 1. The molecule has 7 nitrogen and oxygen atoms in total. The average molecular weight is 373 g/mol. The van der Waals surface area contributed by atoms with Gasteiger partial charge in [0.1, 0.15) is 12.1 Å². The molecule has 0 fully saturated rings. The van der Waals surface area contributed by atoms with E-state index in [0.29, 0.717) is 10.0 Å². The Balaban J connectivity index is 2.03. The highest BCUT2D eigenvalue weighted by Crippen LogP contribution is 2.32. The second-order valence-electron chi connectivity index (χ2n) is 5.40. The summed E-state index contributed by atoms with van der Waals surface area (Å²) in [7, 11) is 0. The normalized spacial score (nSPS) is 11.2. The first-order chi connectivity index (χ1) is 11.2. The van der Waals surface area contributed by atoms with Crippen LogP contribution in [0.4, 0.5) is 0 Å². The van der Waals surface area contributed by atoms with Gasteiger partial charge in [-0.3, -0.25) is 4.79 Å². The van der Waals surface area contributed by atoms with Crippen LogP contribution < -0.4 is 10.1 Å². The predicted molar refractivity (Wildman–Crippen MR) is 86.5 cm³/mol. The number of benzene rings is 1. The second kappa shape index (κ2) is 7.11. The van der Waals surface area contributed by atoms with Gasteiger partial charge in [-0.2, -0.15) is 0 Å². The number of ether oxygens (including phenoxy) is 1. The summed E-state index contributed by atoms with van der Waals surface area (Å²) in [6.07, 6.45) is 0. The van der Waals surface area contributed by atoms with E-state index in [9.17, 15) is 9.59 Å². The number of para-hydroxylation sites is 1. The van der Waals surface area contributed by atoms with Crippen LogP contribution in [0.25, 0.3) is 0 Å². The van der Waals surface area contributed by atoms with E-state index in [1.165, 1.54) is 19.9 Å². The predicted octanol–water partition coefficient (Wildman–Crippen LogP) is 3.15. The largest absolute Gasteiger partial charge is 0.482 e. The van der Waals surface area contributed by atoms with Gasteiger partial charge in [0.05, 0.1) is 10.0 Å². The zero-order valence-corrected chi connectivity index (χ0v) is 14.3. The summed E-state index contributed by atoms with van der Waals surface area (Å²) in [6, 6.07) is 6.27. The van der Waals surface area contributed by atoms with Crippen LogP contribution in [0.1, 0.15) is 30.1 Å². The highest BCUT2D eigenvalue weighted by Gasteiger charge is 2.30. The lowest BCUT2D eigenvalue weighted by atomic mass is 10.1. The summed E-state index contributed by atoms with van der Waals surface area (Å²) in [5.41, 5.74) is -1.49. The molecule has 1 aromatic carbocycles. The van der Waals surface area contributed by atoms with Gasteiger partial charge in [-0.1, -0.05) is 34.4 Å². The smallest absolute Gasteiger partial charge is 0.328 e. The van der Waals surface area contributed by atoms with Crippen molar-refractivity contribution in [1.82, 2.24) is 10.5 Å². The summed E-state index contributed by atoms with van der Waals surface area (Å²) in [6.45, 7) is 2.67. The Morgan fingerprint density at radius 3 is 2.54 bits per heavy atom. The summed E-state index contributed by atoms with van der Waals surface area (Å²) in [4.78, 5) is 23.0. The minimum Gasteiger partial charge on any atom is -0.482 e. The minimum atomic E-state index is -1.43. The molecule has 0 radical (unpaired) electrons. The molecule has 0 aliphatic carbocycles. The zero-order valence-electron chi connectivity index (χ0n) is 12.8. The maximum absolute atomic E-state index is 12.0. The lowest BCUT2D eigenvalue weighted by Crippen LogP contribution is -2.49. The number of carbonyl (C=O) groups excluding carboxylic acids is 1. The van der Waals surface area contributed by atoms with Gasteiger partial charge < -0.3 is 19.7 Å². The van der Waals surface area contributed by atoms with Crippen molar-refractivity contribution in [2.45, 2.75) is 26.0 Å². The number of hydrogen-bond acceptors (Lipinski definition) is 5. The Morgan fingerprint density at radius 1 is 1.33 bits per heavy atom. The van der Waals surface area contributed by atoms with Crippen LogP contribution in [-0.4, -0.2) is 27.7 Å². The van der Waals surface area contributed by atoms with Crippen molar-refractivity contribution in [3.05, 3.63) is 45.8 Å². The van der Waals surface area contributed by atoms with Crippen molar-refractivity contribution < 1.29 is 24.0 Å². The number of nitrogens with one attached hydrogen (secondary N) is 1. The first-order valence-electron chi connectivity index (χ1n) is 6.79. The fourth-order valence-electron chi connectivity index (χ4n) is 1.65. The molecule has 0 aliphatic heterocycles. The number of carboxylic acid groups (broad SMARTS) is 1. The van der Waals surface area contributed by atoms with Crippen molar-refractivity contribution in [2.24, 2.45) is 0 Å². The molecule has 0 saturated carbocycles. The van der Waals surface area contributed by atoms with Crippen LogP contribution in [-0.2, 0) is 11.4 Å². The molecule has 9 heteroatoms. The number of aliphatic carboxylic acids is 1. The fraction of sp³-hybridized carbons (Fsp3) is 0.267. The SMILES string of the molecule is CC(C)(NC(=O)c1cc(COc2c(Cl)cccc2Cl)on1)C(=O)O. The van der Waals surface area contributed by atoms with E-state index >= 15 is 0 Å². The first kappa shape index (κ1) is 18.1. The highest BCUT2D eigenvalue weighted by atomic mass is 35.5. The Bertz CT molecular complexity index is 753. The van der Waals surface area contributed by atoms with Gasteiger partial charge in [0.15, 0.2) is 17.2 Å². The van der Waals surface area contributed by atoms with E-state index in [0.717, 1.165) is 0 Å². The maximum Gasteiger partial charge on any atom is 0.328 e. The third-order valence-corrected chi connectivity index (χ3v) is 3.63. The molecular formula is C15H14Cl2N2O5. The first-order valence-corrected chi connectivity index (χ1v) is 7.54. The number of amides is 1. The molecule has 2 N–H and O–H groups in total. The molecule has 1 aromatic heterocycles. The Morgan fingerprint density at radius 2 is 1.96 bits per heavy atom. The molecule has 128 valence electrons. The number of nitrogens with zero attached hydrogens (tertiary/aromatic N) is 1. The molecule has 0 saturated heterocycles. The van der Waals surface area contributed by atoms with Crippen molar-refractivity contribution in [1.29, 1.82) is 0 Å². The highest BCUT2D eigenvalue weighted by molar-refractivity contribution is 6.37. The molecule has 1 heterocycles. The second-order valence-corrected chi connectivity index (χ2v) is 6.22. The number of halogens is 2. The number of hydrogen-bond donors (Lipinski definition) is 2. The van der Waals surface area contributed by atoms with Gasteiger partial charge in [-0.25, -0.2) is 4.79 Å². The lowest BCUT2D eigenvalue weighted by molar-refractivity contribution is -0.143. The van der Waals surface area contributed by atoms with E-state index in [-0.39, 0.29) is 23.8 Å². The summed E-state index contributed by atoms with van der Waals surface area (Å²) < 4.78 is 10.5. The van der Waals surface area contributed by atoms with Gasteiger partial charge >= 0.3 is 5.97 Å². The quantitative estimate of drug-likeness (QED) is 0.807. The third kappa shape index (κ3) is 4.18. The van der Waals surface area contributed by atoms with Crippen LogP contribution in [0.3, 0.4) is 0 Å². The van der Waals surface area contributed by atoms with Crippen LogP contribution in [0, 0.1) is 0 Å². The van der Waals surface area contributed by atoms with Gasteiger partial charge in [-0.15, -0.1) is 0 Å². The molecular weight excluding hydrogens is 359 g/mol. The molecule has 0 aliphatic rings. The van der Waals surface area contributed by atoms with E-state index in [1.807, 2.05) is 0 Å². The molecule has 0 spiro atoms. The molecule has 2 aromatic rings. The molecule has 24 heavy (non-hydrogen) atoms. The summed E-state index contributed by atoms with van der Waals surface area (Å²) in [5.74, 6) is -1.30. The van der Waals surface area contributed by atoms with Crippen molar-refractivity contribution in [3.63, 3.8) is 0 Å². The number of rotatable bonds is 6. The van der Waals surface area contributed by atoms with Crippen molar-refractivity contribution in [2.75, 3.05) is 0 Å². The van der Waals surface area contributed by atoms with Crippen LogP contribution in [0.2, 0.25) is 10.0 Å². The van der Waals surface area contributed by atoms with E-state index in [4.69, 9.17) is 37.6 Å². The Kier molecular flexibility index (Phi) is 5.36. The van der Waals surface area contributed by atoms with Crippen LogP contribution in [0.15, 0.2) is 28.8 Å². The maximum atomic E-state index is 12.0. The Hall–Kier alpha value is -2.25. The van der Waals surface area contributed by atoms with Gasteiger partial charge in [0.2, 0.25) is 0 Å². The molecule has 1 amide bonds. The van der Waals surface area contributed by atoms with Gasteiger partial charge in [-0.05, 0) is 26.0 Å². The standard InChI is InChI=1S/C15H14Cl2N2O5/c1-15(2,14(21)22)18-13(20)11-6-8(24-19-11)7-23-12-9(16)4-3-5-10(12)17/h3-6H,7H2,1-2H3,(H,18,20)(H,21,22). The monoisotopic (exact) mass is 372 g/mol.